The lowest BCUT2D eigenvalue weighted by Gasteiger charge is -2.37. The maximum absolute atomic E-state index is 12.6. The standard InChI is InChI=1S/C19H23N3O4S/c1-13(23)20-18-21-15-4-2-14(12-16(15)27-18)3-5-17(24)22-8-6-19(7-9-22)25-10-11-26-19/h2,4,12H,3,5-11H2,1H3,(H,20,21,23). The molecule has 1 N–H and O–H groups in total. The summed E-state index contributed by atoms with van der Waals surface area (Å²) in [4.78, 5) is 30.0. The number of carbonyl (C=O) groups excluding carboxylic acids is 2. The normalized spacial score (nSPS) is 18.9. The molecular formula is C19H23N3O4S. The van der Waals surface area contributed by atoms with Gasteiger partial charge in [0.05, 0.1) is 23.4 Å². The van der Waals surface area contributed by atoms with Gasteiger partial charge in [0, 0.05) is 39.3 Å². The van der Waals surface area contributed by atoms with Crippen molar-refractivity contribution in [3.8, 4) is 0 Å². The highest BCUT2D eigenvalue weighted by molar-refractivity contribution is 7.22. The molecule has 1 aromatic carbocycles. The molecule has 0 bridgehead atoms. The first kappa shape index (κ1) is 18.3. The Morgan fingerprint density at radius 2 is 2.00 bits per heavy atom. The number of aryl methyl sites for hydroxylation is 1. The Balaban J connectivity index is 1.32. The summed E-state index contributed by atoms with van der Waals surface area (Å²) in [6.07, 6.45) is 2.67. The summed E-state index contributed by atoms with van der Waals surface area (Å²) in [6, 6.07) is 5.99. The van der Waals surface area contributed by atoms with Gasteiger partial charge in [-0.1, -0.05) is 17.4 Å². The van der Waals surface area contributed by atoms with Crippen molar-refractivity contribution in [2.45, 2.75) is 38.4 Å². The lowest BCUT2D eigenvalue weighted by Crippen LogP contribution is -2.47. The van der Waals surface area contributed by atoms with E-state index in [-0.39, 0.29) is 11.8 Å². The van der Waals surface area contributed by atoms with Crippen molar-refractivity contribution >= 4 is 38.5 Å². The van der Waals surface area contributed by atoms with E-state index in [2.05, 4.69) is 16.4 Å². The van der Waals surface area contributed by atoms with Crippen LogP contribution in [0, 0.1) is 0 Å². The summed E-state index contributed by atoms with van der Waals surface area (Å²) >= 11 is 1.45. The molecule has 7 nitrogen and oxygen atoms in total. The van der Waals surface area contributed by atoms with E-state index >= 15 is 0 Å². The lowest BCUT2D eigenvalue weighted by molar-refractivity contribution is -0.187. The Morgan fingerprint density at radius 3 is 2.70 bits per heavy atom. The lowest BCUT2D eigenvalue weighted by atomic mass is 10.0. The predicted molar refractivity (Wildman–Crippen MR) is 103 cm³/mol. The van der Waals surface area contributed by atoms with Gasteiger partial charge in [-0.2, -0.15) is 0 Å². The van der Waals surface area contributed by atoms with Crippen molar-refractivity contribution in [3.63, 3.8) is 0 Å². The predicted octanol–water partition coefficient (Wildman–Crippen LogP) is 2.55. The van der Waals surface area contributed by atoms with Crippen LogP contribution in [0.3, 0.4) is 0 Å². The first-order valence-electron chi connectivity index (χ1n) is 9.26. The Bertz CT molecular complexity index is 850. The Labute approximate surface area is 161 Å². The number of benzene rings is 1. The van der Waals surface area contributed by atoms with E-state index < -0.39 is 5.79 Å². The van der Waals surface area contributed by atoms with Crippen LogP contribution in [0.15, 0.2) is 18.2 Å². The summed E-state index contributed by atoms with van der Waals surface area (Å²) in [5.41, 5.74) is 1.96. The summed E-state index contributed by atoms with van der Waals surface area (Å²) in [5, 5.41) is 3.32. The number of piperidine rings is 1. The smallest absolute Gasteiger partial charge is 0.223 e. The second-order valence-corrected chi connectivity index (χ2v) is 8.02. The SMILES string of the molecule is CC(=O)Nc1nc2ccc(CCC(=O)N3CCC4(CC3)OCCO4)cc2s1. The molecule has 144 valence electrons. The van der Waals surface area contributed by atoms with Crippen LogP contribution < -0.4 is 5.32 Å². The molecule has 2 aliphatic heterocycles. The number of amides is 2. The topological polar surface area (TPSA) is 80.8 Å². The number of carbonyl (C=O) groups is 2. The highest BCUT2D eigenvalue weighted by Crippen LogP contribution is 2.31. The molecule has 0 radical (unpaired) electrons. The summed E-state index contributed by atoms with van der Waals surface area (Å²) < 4.78 is 12.4. The molecule has 2 aromatic rings. The molecular weight excluding hydrogens is 366 g/mol. The molecule has 2 fully saturated rings. The van der Waals surface area contributed by atoms with Gasteiger partial charge in [0.15, 0.2) is 10.9 Å². The highest BCUT2D eigenvalue weighted by Gasteiger charge is 2.40. The van der Waals surface area contributed by atoms with E-state index in [1.165, 1.54) is 18.3 Å². The third-order valence-corrected chi connectivity index (χ3v) is 5.99. The molecule has 1 spiro atoms. The van der Waals surface area contributed by atoms with Crippen molar-refractivity contribution in [1.82, 2.24) is 9.88 Å². The third-order valence-electron chi connectivity index (χ3n) is 5.05. The molecule has 2 saturated heterocycles. The van der Waals surface area contributed by atoms with Crippen LogP contribution in [0.5, 0.6) is 0 Å². The van der Waals surface area contributed by atoms with Gasteiger partial charge in [0.25, 0.3) is 0 Å². The second kappa shape index (κ2) is 7.53. The van der Waals surface area contributed by atoms with Gasteiger partial charge >= 0.3 is 0 Å². The number of anilines is 1. The quantitative estimate of drug-likeness (QED) is 0.869. The number of thiazole rings is 1. The summed E-state index contributed by atoms with van der Waals surface area (Å²) in [5.74, 6) is -0.401. The Hall–Kier alpha value is -2.03. The van der Waals surface area contributed by atoms with Gasteiger partial charge in [0.2, 0.25) is 11.8 Å². The van der Waals surface area contributed by atoms with Crippen molar-refractivity contribution in [2.75, 3.05) is 31.6 Å². The molecule has 0 aliphatic carbocycles. The van der Waals surface area contributed by atoms with E-state index in [4.69, 9.17) is 9.47 Å². The molecule has 8 heteroatoms. The fourth-order valence-electron chi connectivity index (χ4n) is 3.62. The molecule has 3 heterocycles. The Kier molecular flexibility index (Phi) is 5.12. The van der Waals surface area contributed by atoms with Crippen LogP contribution in [0.1, 0.15) is 31.7 Å². The van der Waals surface area contributed by atoms with Crippen LogP contribution in [0.2, 0.25) is 0 Å². The fourth-order valence-corrected chi connectivity index (χ4v) is 4.60. The number of nitrogens with one attached hydrogen (secondary N) is 1. The highest BCUT2D eigenvalue weighted by atomic mass is 32.1. The number of fused-ring (bicyclic) bond motifs is 1. The second-order valence-electron chi connectivity index (χ2n) is 6.99. The monoisotopic (exact) mass is 389 g/mol. The van der Waals surface area contributed by atoms with Crippen molar-refractivity contribution in [3.05, 3.63) is 23.8 Å². The van der Waals surface area contributed by atoms with Crippen LogP contribution in [0.25, 0.3) is 10.2 Å². The minimum atomic E-state index is -0.445. The minimum absolute atomic E-state index is 0.128. The average molecular weight is 389 g/mol. The van der Waals surface area contributed by atoms with Crippen LogP contribution in [-0.2, 0) is 25.5 Å². The maximum atomic E-state index is 12.6. The zero-order valence-electron chi connectivity index (χ0n) is 15.3. The molecule has 0 atom stereocenters. The number of aromatic nitrogens is 1. The minimum Gasteiger partial charge on any atom is -0.347 e. The van der Waals surface area contributed by atoms with E-state index in [9.17, 15) is 9.59 Å². The fraction of sp³-hybridized carbons (Fsp3) is 0.526. The van der Waals surface area contributed by atoms with Gasteiger partial charge in [0.1, 0.15) is 0 Å². The molecule has 2 aliphatic rings. The number of likely N-dealkylation sites (tertiary alicyclic amines) is 1. The van der Waals surface area contributed by atoms with Gasteiger partial charge in [-0.05, 0) is 24.1 Å². The molecule has 4 rings (SSSR count). The summed E-state index contributed by atoms with van der Waals surface area (Å²) in [7, 11) is 0. The third kappa shape index (κ3) is 4.12. The zero-order valence-corrected chi connectivity index (χ0v) is 16.1. The molecule has 0 saturated carbocycles. The largest absolute Gasteiger partial charge is 0.347 e. The van der Waals surface area contributed by atoms with Gasteiger partial charge < -0.3 is 19.7 Å². The number of ether oxygens (including phenoxy) is 2. The zero-order chi connectivity index (χ0) is 18.9. The first-order chi connectivity index (χ1) is 13.0. The van der Waals surface area contributed by atoms with Crippen molar-refractivity contribution in [2.24, 2.45) is 0 Å². The number of hydrogen-bond acceptors (Lipinski definition) is 6. The van der Waals surface area contributed by atoms with Crippen molar-refractivity contribution in [1.29, 1.82) is 0 Å². The summed E-state index contributed by atoms with van der Waals surface area (Å²) in [6.45, 7) is 4.14. The number of hydrogen-bond donors (Lipinski definition) is 1. The molecule has 0 unspecified atom stereocenters. The molecule has 1 aromatic heterocycles. The Morgan fingerprint density at radius 1 is 1.26 bits per heavy atom. The molecule has 27 heavy (non-hydrogen) atoms. The van der Waals surface area contributed by atoms with Gasteiger partial charge in [-0.3, -0.25) is 9.59 Å². The number of rotatable bonds is 4. The average Bonchev–Trinajstić information content (AvgIpc) is 3.26. The maximum Gasteiger partial charge on any atom is 0.223 e. The van der Waals surface area contributed by atoms with E-state index in [0.29, 0.717) is 44.3 Å². The number of nitrogens with zero attached hydrogens (tertiary/aromatic N) is 2. The van der Waals surface area contributed by atoms with Gasteiger partial charge in [-0.25, -0.2) is 4.98 Å². The van der Waals surface area contributed by atoms with E-state index in [1.807, 2.05) is 17.0 Å². The van der Waals surface area contributed by atoms with E-state index in [1.54, 1.807) is 0 Å². The van der Waals surface area contributed by atoms with Crippen molar-refractivity contribution < 1.29 is 19.1 Å². The van der Waals surface area contributed by atoms with Crippen LogP contribution >= 0.6 is 11.3 Å². The first-order valence-corrected chi connectivity index (χ1v) is 10.1. The van der Waals surface area contributed by atoms with Crippen LogP contribution in [0.4, 0.5) is 5.13 Å². The van der Waals surface area contributed by atoms with E-state index in [0.717, 1.165) is 28.6 Å². The van der Waals surface area contributed by atoms with Crippen LogP contribution in [-0.4, -0.2) is 53.8 Å². The van der Waals surface area contributed by atoms with Gasteiger partial charge in [-0.15, -0.1) is 0 Å². The molecule has 2 amide bonds.